The molecule has 0 N–H and O–H groups in total. The van der Waals surface area contributed by atoms with Gasteiger partial charge in [0.25, 0.3) is 0 Å². The average molecular weight is 341 g/mol. The van der Waals surface area contributed by atoms with E-state index in [4.69, 9.17) is 4.74 Å². The monoisotopic (exact) mass is 340 g/mol. The van der Waals surface area contributed by atoms with E-state index in [9.17, 15) is 4.79 Å². The van der Waals surface area contributed by atoms with Crippen LogP contribution in [0.2, 0.25) is 0 Å². The Hall–Kier alpha value is -0.530. The molecule has 0 radical (unpaired) electrons. The third-order valence-electron chi connectivity index (χ3n) is 4.89. The van der Waals surface area contributed by atoms with Crippen LogP contribution >= 0.6 is 0 Å². The highest BCUT2D eigenvalue weighted by molar-refractivity contribution is 5.69. The van der Waals surface area contributed by atoms with E-state index in [2.05, 4.69) is 20.8 Å². The first kappa shape index (κ1) is 23.5. The Labute approximate surface area is 152 Å². The number of unbranched alkanes of at least 4 members (excludes halogenated alkanes) is 10. The van der Waals surface area contributed by atoms with E-state index in [0.717, 1.165) is 31.6 Å². The maximum atomic E-state index is 11.5. The fourth-order valence-corrected chi connectivity index (χ4v) is 3.14. The molecule has 2 nitrogen and oxygen atoms in total. The minimum Gasteiger partial charge on any atom is -0.466 e. The summed E-state index contributed by atoms with van der Waals surface area (Å²) < 4.78 is 5.27. The van der Waals surface area contributed by atoms with Crippen molar-refractivity contribution < 1.29 is 9.53 Å². The van der Waals surface area contributed by atoms with Crippen molar-refractivity contribution in [2.75, 3.05) is 6.61 Å². The van der Waals surface area contributed by atoms with Gasteiger partial charge in [0.1, 0.15) is 0 Å². The average Bonchev–Trinajstić information content (AvgIpc) is 2.57. The Morgan fingerprint density at radius 3 is 1.83 bits per heavy atom. The van der Waals surface area contributed by atoms with E-state index in [0.29, 0.717) is 13.0 Å². The molecule has 1 atom stereocenters. The number of carbonyl (C=O) groups is 1. The summed E-state index contributed by atoms with van der Waals surface area (Å²) in [5, 5.41) is 0. The first-order valence-corrected chi connectivity index (χ1v) is 10.9. The van der Waals surface area contributed by atoms with Gasteiger partial charge in [0.05, 0.1) is 6.61 Å². The highest BCUT2D eigenvalue weighted by Gasteiger charge is 2.03. The summed E-state index contributed by atoms with van der Waals surface area (Å²) in [4.78, 5) is 11.5. The van der Waals surface area contributed by atoms with Crippen molar-refractivity contribution in [2.24, 2.45) is 5.92 Å². The predicted molar refractivity (Wildman–Crippen MR) is 105 cm³/mol. The van der Waals surface area contributed by atoms with E-state index >= 15 is 0 Å². The van der Waals surface area contributed by atoms with Gasteiger partial charge in [-0.15, -0.1) is 0 Å². The summed E-state index contributed by atoms with van der Waals surface area (Å²) in [7, 11) is 0. The fourth-order valence-electron chi connectivity index (χ4n) is 3.14. The molecular weight excluding hydrogens is 296 g/mol. The molecule has 0 saturated heterocycles. The van der Waals surface area contributed by atoms with E-state index < -0.39 is 0 Å². The molecule has 0 amide bonds. The van der Waals surface area contributed by atoms with Crippen molar-refractivity contribution in [3.63, 3.8) is 0 Å². The van der Waals surface area contributed by atoms with Crippen LogP contribution in [-0.4, -0.2) is 12.6 Å². The van der Waals surface area contributed by atoms with Crippen molar-refractivity contribution in [3.8, 4) is 0 Å². The van der Waals surface area contributed by atoms with Crippen LogP contribution in [0.3, 0.4) is 0 Å². The van der Waals surface area contributed by atoms with Crippen molar-refractivity contribution in [2.45, 2.75) is 124 Å². The normalized spacial score (nSPS) is 12.3. The highest BCUT2D eigenvalue weighted by atomic mass is 16.5. The van der Waals surface area contributed by atoms with Gasteiger partial charge >= 0.3 is 5.97 Å². The smallest absolute Gasteiger partial charge is 0.305 e. The number of esters is 1. The molecule has 0 heterocycles. The maximum Gasteiger partial charge on any atom is 0.305 e. The molecule has 0 aromatic rings. The summed E-state index contributed by atoms with van der Waals surface area (Å²) in [6.07, 6.45) is 19.9. The van der Waals surface area contributed by atoms with Crippen molar-refractivity contribution in [3.05, 3.63) is 0 Å². The van der Waals surface area contributed by atoms with E-state index in [1.165, 1.54) is 70.6 Å². The SMILES string of the molecule is CCCCCCCC(C)CCCCCCCOC(=O)CCCCC. The van der Waals surface area contributed by atoms with E-state index in [-0.39, 0.29) is 5.97 Å². The number of hydrogen-bond acceptors (Lipinski definition) is 2. The Morgan fingerprint density at radius 2 is 1.21 bits per heavy atom. The molecular formula is C22H44O2. The summed E-state index contributed by atoms with van der Waals surface area (Å²) in [6, 6.07) is 0. The standard InChI is InChI=1S/C22H44O2/c1-4-6-8-10-14-17-21(3)18-15-11-9-12-16-20-24-22(23)19-13-7-5-2/h21H,4-20H2,1-3H3. The van der Waals surface area contributed by atoms with Crippen LogP contribution < -0.4 is 0 Å². The second-order valence-corrected chi connectivity index (χ2v) is 7.54. The first-order chi connectivity index (χ1) is 11.7. The molecule has 0 fully saturated rings. The van der Waals surface area contributed by atoms with Crippen molar-refractivity contribution in [1.29, 1.82) is 0 Å². The second kappa shape index (κ2) is 18.8. The van der Waals surface area contributed by atoms with Gasteiger partial charge in [0.15, 0.2) is 0 Å². The predicted octanol–water partition coefficient (Wildman–Crippen LogP) is 7.45. The summed E-state index contributed by atoms with van der Waals surface area (Å²) in [5.41, 5.74) is 0. The summed E-state index contributed by atoms with van der Waals surface area (Å²) >= 11 is 0. The minimum absolute atomic E-state index is 0.00351. The Balaban J connectivity index is 3.22. The largest absolute Gasteiger partial charge is 0.466 e. The zero-order valence-corrected chi connectivity index (χ0v) is 16.9. The molecule has 0 saturated carbocycles. The Bertz CT molecular complexity index is 263. The molecule has 1 unspecified atom stereocenters. The fraction of sp³-hybridized carbons (Fsp3) is 0.955. The zero-order valence-electron chi connectivity index (χ0n) is 16.9. The van der Waals surface area contributed by atoms with Crippen LogP contribution in [-0.2, 0) is 9.53 Å². The molecule has 2 heteroatoms. The quantitative estimate of drug-likeness (QED) is 0.191. The van der Waals surface area contributed by atoms with Crippen LogP contribution in [0.1, 0.15) is 124 Å². The number of hydrogen-bond donors (Lipinski definition) is 0. The first-order valence-electron chi connectivity index (χ1n) is 10.9. The van der Waals surface area contributed by atoms with Crippen LogP contribution in [0.25, 0.3) is 0 Å². The van der Waals surface area contributed by atoms with Gasteiger partial charge in [0, 0.05) is 6.42 Å². The third-order valence-corrected chi connectivity index (χ3v) is 4.89. The van der Waals surface area contributed by atoms with Gasteiger partial charge in [-0.2, -0.15) is 0 Å². The van der Waals surface area contributed by atoms with Gasteiger partial charge < -0.3 is 4.74 Å². The number of carbonyl (C=O) groups excluding carboxylic acids is 1. The second-order valence-electron chi connectivity index (χ2n) is 7.54. The highest BCUT2D eigenvalue weighted by Crippen LogP contribution is 2.18. The van der Waals surface area contributed by atoms with Crippen LogP contribution in [0.5, 0.6) is 0 Å². The number of rotatable bonds is 18. The molecule has 24 heavy (non-hydrogen) atoms. The van der Waals surface area contributed by atoms with Gasteiger partial charge in [0.2, 0.25) is 0 Å². The molecule has 0 aliphatic heterocycles. The molecule has 0 spiro atoms. The summed E-state index contributed by atoms with van der Waals surface area (Å²) in [5.74, 6) is 0.895. The van der Waals surface area contributed by atoms with Crippen molar-refractivity contribution >= 4 is 5.97 Å². The molecule has 144 valence electrons. The summed E-state index contributed by atoms with van der Waals surface area (Å²) in [6.45, 7) is 7.47. The molecule has 0 rings (SSSR count). The van der Waals surface area contributed by atoms with Gasteiger partial charge in [-0.25, -0.2) is 0 Å². The third kappa shape index (κ3) is 17.8. The Kier molecular flexibility index (Phi) is 18.4. The molecule has 0 aromatic carbocycles. The topological polar surface area (TPSA) is 26.3 Å². The van der Waals surface area contributed by atoms with Gasteiger partial charge in [-0.05, 0) is 18.8 Å². The van der Waals surface area contributed by atoms with Crippen LogP contribution in [0.15, 0.2) is 0 Å². The lowest BCUT2D eigenvalue weighted by atomic mass is 9.96. The lowest BCUT2D eigenvalue weighted by Gasteiger charge is -2.11. The molecule has 0 aromatic heterocycles. The number of ether oxygens (including phenoxy) is 1. The van der Waals surface area contributed by atoms with Gasteiger partial charge in [-0.1, -0.05) is 104 Å². The van der Waals surface area contributed by atoms with Gasteiger partial charge in [-0.3, -0.25) is 4.79 Å². The minimum atomic E-state index is -0.00351. The molecule has 0 bridgehead atoms. The zero-order chi connectivity index (χ0) is 17.9. The lowest BCUT2D eigenvalue weighted by Crippen LogP contribution is -2.05. The van der Waals surface area contributed by atoms with Crippen LogP contribution in [0.4, 0.5) is 0 Å². The van der Waals surface area contributed by atoms with Crippen LogP contribution in [0, 0.1) is 5.92 Å². The molecule has 0 aliphatic rings. The Morgan fingerprint density at radius 1 is 0.708 bits per heavy atom. The van der Waals surface area contributed by atoms with Crippen molar-refractivity contribution in [1.82, 2.24) is 0 Å². The molecule has 0 aliphatic carbocycles. The van der Waals surface area contributed by atoms with E-state index in [1.807, 2.05) is 0 Å². The lowest BCUT2D eigenvalue weighted by molar-refractivity contribution is -0.143. The maximum absolute atomic E-state index is 11.5. The van der Waals surface area contributed by atoms with E-state index in [1.54, 1.807) is 0 Å².